The second kappa shape index (κ2) is 5.76. The number of hydrogen-bond donors (Lipinski definition) is 2. The van der Waals surface area contributed by atoms with Gasteiger partial charge in [-0.3, -0.25) is 4.90 Å². The van der Waals surface area contributed by atoms with Crippen molar-refractivity contribution in [2.75, 3.05) is 26.5 Å². The number of halogens is 1. The van der Waals surface area contributed by atoms with Crippen LogP contribution < -0.4 is 10.5 Å². The Morgan fingerprint density at radius 3 is 2.71 bits per heavy atom. The Morgan fingerprint density at radius 2 is 2.14 bits per heavy atom. The highest BCUT2D eigenvalue weighted by Gasteiger charge is 2.22. The van der Waals surface area contributed by atoms with Gasteiger partial charge >= 0.3 is 0 Å². The van der Waals surface area contributed by atoms with E-state index in [1.807, 2.05) is 0 Å². The molecular weight excluding hydrogens is 299 g/mol. The van der Waals surface area contributed by atoms with E-state index in [0.29, 0.717) is 0 Å². The molecule has 0 saturated heterocycles. The summed E-state index contributed by atoms with van der Waals surface area (Å²) in [6, 6.07) is 1.25. The molecule has 0 atom stereocenters. The average Bonchev–Trinajstić information content (AvgIpc) is 2.83. The Balaban J connectivity index is 2.49. The molecule has 0 spiro atoms. The van der Waals surface area contributed by atoms with Crippen molar-refractivity contribution in [3.8, 4) is 5.82 Å². The third kappa shape index (κ3) is 3.54. The number of aromatic nitrogens is 3. The molecule has 0 unspecified atom stereocenters. The van der Waals surface area contributed by atoms with Crippen molar-refractivity contribution in [3.63, 3.8) is 0 Å². The zero-order valence-corrected chi connectivity index (χ0v) is 12.3. The molecule has 0 amide bonds. The second-order valence-electron chi connectivity index (χ2n) is 4.58. The predicted molar refractivity (Wildman–Crippen MR) is 74.6 cm³/mol. The van der Waals surface area contributed by atoms with E-state index in [2.05, 4.69) is 14.8 Å². The lowest BCUT2D eigenvalue weighted by atomic mass is 10.4. The molecule has 3 N–H and O–H groups in total. The van der Waals surface area contributed by atoms with Crippen LogP contribution in [-0.2, 0) is 10.0 Å². The first-order valence-corrected chi connectivity index (χ1v) is 7.38. The van der Waals surface area contributed by atoms with Gasteiger partial charge in [-0.15, -0.1) is 0 Å². The normalized spacial score (nSPS) is 12.0. The lowest BCUT2D eigenvalue weighted by Gasteiger charge is -2.14. The van der Waals surface area contributed by atoms with Crippen molar-refractivity contribution in [2.45, 2.75) is 4.90 Å². The zero-order chi connectivity index (χ0) is 15.6. The quantitative estimate of drug-likeness (QED) is 0.740. The summed E-state index contributed by atoms with van der Waals surface area (Å²) >= 11 is 0. The number of nitrogens with zero attached hydrogens (tertiary/aromatic N) is 4. The van der Waals surface area contributed by atoms with Gasteiger partial charge < -0.3 is 5.73 Å². The molecule has 114 valence electrons. The number of nitrogens with two attached hydrogens (primary N) is 1. The molecule has 21 heavy (non-hydrogen) atoms. The van der Waals surface area contributed by atoms with Gasteiger partial charge in [-0.1, -0.05) is 0 Å². The maximum absolute atomic E-state index is 13.1. The monoisotopic (exact) mass is 314 g/mol. The van der Waals surface area contributed by atoms with Gasteiger partial charge in [-0.25, -0.2) is 22.5 Å². The maximum Gasteiger partial charge on any atom is 0.245 e. The highest BCUT2D eigenvalue weighted by Crippen LogP contribution is 2.20. The van der Waals surface area contributed by atoms with E-state index in [0.717, 1.165) is 17.1 Å². The minimum Gasteiger partial charge on any atom is -0.397 e. The topological polar surface area (TPSA) is 106 Å². The molecule has 2 heterocycles. The van der Waals surface area contributed by atoms with Crippen molar-refractivity contribution >= 4 is 15.7 Å². The van der Waals surface area contributed by atoms with Crippen LogP contribution in [0.1, 0.15) is 0 Å². The van der Waals surface area contributed by atoms with Crippen LogP contribution in [0.2, 0.25) is 0 Å². The molecule has 0 fully saturated rings. The van der Waals surface area contributed by atoms with Crippen LogP contribution in [-0.4, -0.2) is 48.8 Å². The number of nitrogen functional groups attached to an aromatic ring is 1. The Hall–Kier alpha value is -2.04. The number of nitrogens with one attached hydrogen (secondary N) is 1. The molecular formula is C11H15FN6O2S. The highest BCUT2D eigenvalue weighted by atomic mass is 32.2. The van der Waals surface area contributed by atoms with Crippen molar-refractivity contribution in [3.05, 3.63) is 30.5 Å². The molecule has 0 aliphatic heterocycles. The lowest BCUT2D eigenvalue weighted by Crippen LogP contribution is -2.33. The van der Waals surface area contributed by atoms with Crippen molar-refractivity contribution in [1.29, 1.82) is 0 Å². The van der Waals surface area contributed by atoms with E-state index >= 15 is 0 Å². The smallest absolute Gasteiger partial charge is 0.245 e. The fraction of sp³-hybridized carbons (Fsp3) is 0.273. The number of hydrogen-bond acceptors (Lipinski definition) is 6. The number of sulfonamides is 1. The third-order valence-corrected chi connectivity index (χ3v) is 3.87. The molecule has 2 rings (SSSR count). The molecule has 0 bridgehead atoms. The van der Waals surface area contributed by atoms with E-state index in [1.165, 1.54) is 12.3 Å². The van der Waals surface area contributed by atoms with Gasteiger partial charge in [0.05, 0.1) is 30.9 Å². The summed E-state index contributed by atoms with van der Waals surface area (Å²) in [6.07, 6.45) is 3.27. The first kappa shape index (κ1) is 15.4. The summed E-state index contributed by atoms with van der Waals surface area (Å²) in [6.45, 7) is 0.101. The Kier molecular flexibility index (Phi) is 4.21. The predicted octanol–water partition coefficient (Wildman–Crippen LogP) is -0.214. The number of rotatable bonds is 5. The van der Waals surface area contributed by atoms with Crippen LogP contribution in [0.3, 0.4) is 0 Å². The first-order valence-electron chi connectivity index (χ1n) is 5.90. The minimum atomic E-state index is -3.86. The van der Waals surface area contributed by atoms with Gasteiger partial charge in [-0.05, 0) is 20.2 Å². The highest BCUT2D eigenvalue weighted by molar-refractivity contribution is 7.89. The Morgan fingerprint density at radius 1 is 1.43 bits per heavy atom. The van der Waals surface area contributed by atoms with E-state index in [4.69, 9.17) is 5.73 Å². The molecule has 10 heteroatoms. The fourth-order valence-electron chi connectivity index (χ4n) is 1.53. The number of anilines is 1. The average molecular weight is 314 g/mol. The molecule has 8 nitrogen and oxygen atoms in total. The minimum absolute atomic E-state index is 0.0284. The lowest BCUT2D eigenvalue weighted by molar-refractivity contribution is 0.399. The van der Waals surface area contributed by atoms with E-state index in [1.54, 1.807) is 19.0 Å². The molecule has 0 aromatic carbocycles. The molecule has 2 aromatic rings. The molecule has 0 radical (unpaired) electrons. The Labute approximate surface area is 121 Å². The summed E-state index contributed by atoms with van der Waals surface area (Å²) in [5, 5.41) is 3.72. The van der Waals surface area contributed by atoms with Crippen LogP contribution in [0.5, 0.6) is 0 Å². The summed E-state index contributed by atoms with van der Waals surface area (Å²) in [7, 11) is -0.440. The maximum atomic E-state index is 13.1. The van der Waals surface area contributed by atoms with E-state index in [9.17, 15) is 12.8 Å². The van der Waals surface area contributed by atoms with Gasteiger partial charge in [0.25, 0.3) is 0 Å². The molecule has 0 aliphatic carbocycles. The zero-order valence-electron chi connectivity index (χ0n) is 11.5. The fourth-order valence-corrected chi connectivity index (χ4v) is 2.79. The van der Waals surface area contributed by atoms with E-state index < -0.39 is 15.8 Å². The summed E-state index contributed by atoms with van der Waals surface area (Å²) in [4.78, 5) is 5.40. The van der Waals surface area contributed by atoms with Gasteiger partial charge in [0.2, 0.25) is 10.0 Å². The standard InChI is InChI=1S/C11H15FN6O2S/c1-17(2)7-16-21(19,20)10-3-9(13)5-14-11(10)18-6-8(12)4-15-18/h3-6,16H,7,13H2,1-2H3. The summed E-state index contributed by atoms with van der Waals surface area (Å²) < 4.78 is 41.1. The van der Waals surface area contributed by atoms with Gasteiger partial charge in [0, 0.05) is 0 Å². The van der Waals surface area contributed by atoms with Crippen molar-refractivity contribution in [2.24, 2.45) is 0 Å². The summed E-state index contributed by atoms with van der Waals surface area (Å²) in [5.41, 5.74) is 5.77. The van der Waals surface area contributed by atoms with Crippen molar-refractivity contribution in [1.82, 2.24) is 24.4 Å². The number of pyridine rings is 1. The first-order chi connectivity index (χ1) is 9.79. The van der Waals surface area contributed by atoms with E-state index in [-0.39, 0.29) is 23.1 Å². The second-order valence-corrected chi connectivity index (χ2v) is 6.31. The van der Waals surface area contributed by atoms with Crippen LogP contribution in [0, 0.1) is 5.82 Å². The molecule has 2 aromatic heterocycles. The van der Waals surface area contributed by atoms with Crippen LogP contribution >= 0.6 is 0 Å². The summed E-state index contributed by atoms with van der Waals surface area (Å²) in [5.74, 6) is -0.627. The van der Waals surface area contributed by atoms with Gasteiger partial charge in [0.15, 0.2) is 11.6 Å². The van der Waals surface area contributed by atoms with Gasteiger partial charge in [0.1, 0.15) is 4.90 Å². The SMILES string of the molecule is CN(C)CNS(=O)(=O)c1cc(N)cnc1-n1cc(F)cn1. The third-order valence-electron chi connectivity index (χ3n) is 2.48. The van der Waals surface area contributed by atoms with Crippen molar-refractivity contribution < 1.29 is 12.8 Å². The van der Waals surface area contributed by atoms with Gasteiger partial charge in [-0.2, -0.15) is 9.82 Å². The largest absolute Gasteiger partial charge is 0.397 e. The molecule has 0 saturated carbocycles. The Bertz CT molecular complexity index is 743. The van der Waals surface area contributed by atoms with Crippen LogP contribution in [0.25, 0.3) is 5.82 Å². The van der Waals surface area contributed by atoms with Crippen LogP contribution in [0.4, 0.5) is 10.1 Å². The van der Waals surface area contributed by atoms with Crippen LogP contribution in [0.15, 0.2) is 29.6 Å². The molecule has 0 aliphatic rings.